The Labute approximate surface area is 247 Å². The maximum Gasteiger partial charge on any atom is 0.339 e. The second-order valence-corrected chi connectivity index (χ2v) is 13.4. The minimum atomic E-state index is -0.292. The first-order chi connectivity index (χ1) is 20.0. The smallest absolute Gasteiger partial charge is 0.339 e. The van der Waals surface area contributed by atoms with Gasteiger partial charge in [0, 0.05) is 45.3 Å². The zero-order valence-corrected chi connectivity index (χ0v) is 25.4. The molecule has 0 saturated heterocycles. The number of allylic oxidation sites excluding steroid dienone is 2. The lowest BCUT2D eigenvalue weighted by Crippen LogP contribution is -2.32. The molecule has 0 radical (unpaired) electrons. The predicted molar refractivity (Wildman–Crippen MR) is 169 cm³/mol. The molecule has 1 aliphatic carbocycles. The van der Waals surface area contributed by atoms with Gasteiger partial charge in [0.1, 0.15) is 17.6 Å². The molecule has 1 N–H and O–H groups in total. The first-order valence-electron chi connectivity index (χ1n) is 15.1. The molecule has 5 heteroatoms. The number of hydrogen-bond acceptors (Lipinski definition) is 5. The maximum atomic E-state index is 13.7. The molecule has 1 fully saturated rings. The molecule has 0 unspecified atom stereocenters. The van der Waals surface area contributed by atoms with Crippen LogP contribution in [0.4, 0.5) is 5.69 Å². The predicted octanol–water partition coefficient (Wildman–Crippen LogP) is 7.56. The highest BCUT2D eigenvalue weighted by molar-refractivity contribution is 6.00. The lowest BCUT2D eigenvalue weighted by Gasteiger charge is -2.33. The van der Waals surface area contributed by atoms with E-state index in [1.54, 1.807) is 0 Å². The molecule has 0 spiro atoms. The van der Waals surface area contributed by atoms with E-state index < -0.39 is 0 Å². The third kappa shape index (κ3) is 4.56. The van der Waals surface area contributed by atoms with E-state index in [0.717, 1.165) is 81.3 Å². The number of carbonyl (C=O) groups excluding carboxylic acids is 1. The van der Waals surface area contributed by atoms with E-state index >= 15 is 0 Å². The molecule has 7 rings (SSSR count). The minimum Gasteiger partial charge on any atom is -0.459 e. The summed E-state index contributed by atoms with van der Waals surface area (Å²) in [4.78, 5) is 18.7. The molecule has 3 heterocycles. The van der Waals surface area contributed by atoms with E-state index in [4.69, 9.17) is 14.5 Å². The van der Waals surface area contributed by atoms with Crippen LogP contribution in [0.25, 0.3) is 16.7 Å². The Morgan fingerprint density at radius 1 is 0.881 bits per heavy atom. The summed E-state index contributed by atoms with van der Waals surface area (Å²) in [5, 5.41) is 5.54. The maximum absolute atomic E-state index is 13.7. The highest BCUT2D eigenvalue weighted by Gasteiger charge is 2.31. The Balaban J connectivity index is 1.51. The van der Waals surface area contributed by atoms with Crippen molar-refractivity contribution in [3.63, 3.8) is 0 Å². The van der Waals surface area contributed by atoms with Crippen molar-refractivity contribution in [3.8, 4) is 11.5 Å². The standard InChI is InChI=1S/C37H38N2O3/c1-21-19-36(3,4)38-30-17-32-28(15-26(21)30)34(24-13-9-10-14-25(24)35(40)41-23-11-7-8-12-23)29-16-27-22(2)20-37(5,6)39-31(27)18-33(29)42-32/h9-10,13-20,23,38H,7-8,11-12H2,1-6H3. The topological polar surface area (TPSA) is 59.9 Å². The van der Waals surface area contributed by atoms with Gasteiger partial charge in [0.2, 0.25) is 0 Å². The van der Waals surface area contributed by atoms with E-state index in [-0.39, 0.29) is 23.2 Å². The number of rotatable bonds is 3. The Hall–Kier alpha value is -4.12. The summed E-state index contributed by atoms with van der Waals surface area (Å²) in [5.74, 6) is 1.24. The van der Waals surface area contributed by atoms with E-state index in [2.05, 4.69) is 83.3 Å². The average molecular weight is 559 g/mol. The second kappa shape index (κ2) is 9.45. The van der Waals surface area contributed by atoms with Crippen molar-refractivity contribution in [2.24, 2.45) is 4.99 Å². The van der Waals surface area contributed by atoms with Crippen LogP contribution in [0.1, 0.15) is 99.8 Å². The van der Waals surface area contributed by atoms with Gasteiger partial charge >= 0.3 is 5.97 Å². The van der Waals surface area contributed by atoms with Crippen LogP contribution in [-0.4, -0.2) is 23.2 Å². The third-order valence-electron chi connectivity index (χ3n) is 8.83. The quantitative estimate of drug-likeness (QED) is 0.264. The Morgan fingerprint density at radius 3 is 2.40 bits per heavy atom. The number of fused-ring (bicyclic) bond motifs is 4. The molecule has 3 aliphatic heterocycles. The number of nitrogens with zero attached hydrogens (tertiary/aromatic N) is 1. The SMILES string of the molecule is CC1=CC(C)(C)Nc2cc3c(cc21)C(c1ccccc1C(=O)OC1CCCC1)=c1cc2c(cc1O3)=NC(C)(C)C=C2C. The summed E-state index contributed by atoms with van der Waals surface area (Å²) in [7, 11) is 0. The number of esters is 1. The molecule has 1 saturated carbocycles. The van der Waals surface area contributed by atoms with E-state index in [1.165, 1.54) is 11.1 Å². The van der Waals surface area contributed by atoms with Crippen molar-refractivity contribution in [3.05, 3.63) is 99.1 Å². The Bertz CT molecular complexity index is 1850. The Morgan fingerprint density at radius 2 is 1.62 bits per heavy atom. The second-order valence-electron chi connectivity index (χ2n) is 13.4. The number of carbonyl (C=O) groups is 1. The minimum absolute atomic E-state index is 0.0103. The summed E-state index contributed by atoms with van der Waals surface area (Å²) in [6, 6.07) is 16.4. The summed E-state index contributed by atoms with van der Waals surface area (Å²) < 4.78 is 12.7. The molecule has 3 aromatic rings. The molecular weight excluding hydrogens is 520 g/mol. The highest BCUT2D eigenvalue weighted by Crippen LogP contribution is 2.44. The third-order valence-corrected chi connectivity index (χ3v) is 8.83. The van der Waals surface area contributed by atoms with Crippen molar-refractivity contribution in [1.82, 2.24) is 0 Å². The van der Waals surface area contributed by atoms with Crippen molar-refractivity contribution < 1.29 is 14.3 Å². The van der Waals surface area contributed by atoms with Gasteiger partial charge in [0.25, 0.3) is 0 Å². The monoisotopic (exact) mass is 558 g/mol. The van der Waals surface area contributed by atoms with Crippen LogP contribution in [0.2, 0.25) is 0 Å². The zero-order chi connectivity index (χ0) is 29.4. The molecule has 0 atom stereocenters. The number of benzene rings is 3. The molecule has 0 bridgehead atoms. The number of hydrogen-bond donors (Lipinski definition) is 1. The normalized spacial score (nSPS) is 19.5. The van der Waals surface area contributed by atoms with E-state index in [9.17, 15) is 4.79 Å². The molecule has 5 nitrogen and oxygen atoms in total. The lowest BCUT2D eigenvalue weighted by molar-refractivity contribution is 0.0317. The number of anilines is 1. The van der Waals surface area contributed by atoms with Crippen LogP contribution in [-0.2, 0) is 4.74 Å². The summed E-state index contributed by atoms with van der Waals surface area (Å²) in [6.07, 6.45) is 8.55. The summed E-state index contributed by atoms with van der Waals surface area (Å²) >= 11 is 0. The molecule has 0 amide bonds. The van der Waals surface area contributed by atoms with Gasteiger partial charge in [0.05, 0.1) is 22.0 Å². The van der Waals surface area contributed by atoms with Gasteiger partial charge in [-0.1, -0.05) is 30.4 Å². The molecular formula is C37H38N2O3. The van der Waals surface area contributed by atoms with E-state index in [1.807, 2.05) is 24.3 Å². The van der Waals surface area contributed by atoms with Crippen LogP contribution in [0, 0.1) is 0 Å². The lowest BCUT2D eigenvalue weighted by atomic mass is 9.84. The van der Waals surface area contributed by atoms with Gasteiger partial charge in [-0.05, 0) is 102 Å². The Kier molecular flexibility index (Phi) is 6.02. The van der Waals surface area contributed by atoms with Crippen molar-refractivity contribution in [2.75, 3.05) is 5.32 Å². The van der Waals surface area contributed by atoms with Crippen LogP contribution in [0.5, 0.6) is 11.5 Å². The number of nitrogens with one attached hydrogen (secondary N) is 1. The van der Waals surface area contributed by atoms with Crippen LogP contribution in [0.15, 0.2) is 65.7 Å². The summed E-state index contributed by atoms with van der Waals surface area (Å²) in [5.41, 5.74) is 8.56. The van der Waals surface area contributed by atoms with Gasteiger partial charge in [-0.25, -0.2) is 4.79 Å². The fourth-order valence-electron chi connectivity index (χ4n) is 7.15. The van der Waals surface area contributed by atoms with Gasteiger partial charge in [-0.2, -0.15) is 0 Å². The molecule has 3 aromatic carbocycles. The van der Waals surface area contributed by atoms with Gasteiger partial charge in [-0.15, -0.1) is 0 Å². The first-order valence-corrected chi connectivity index (χ1v) is 15.1. The molecule has 4 aliphatic rings. The van der Waals surface area contributed by atoms with Crippen molar-refractivity contribution in [1.29, 1.82) is 0 Å². The van der Waals surface area contributed by atoms with Gasteiger partial charge < -0.3 is 14.8 Å². The van der Waals surface area contributed by atoms with Crippen molar-refractivity contribution >= 4 is 28.4 Å². The fourth-order valence-corrected chi connectivity index (χ4v) is 7.15. The van der Waals surface area contributed by atoms with Gasteiger partial charge in [0.15, 0.2) is 0 Å². The van der Waals surface area contributed by atoms with Gasteiger partial charge in [-0.3, -0.25) is 4.99 Å². The van der Waals surface area contributed by atoms with Crippen LogP contribution < -0.4 is 20.6 Å². The first kappa shape index (κ1) is 26.8. The number of ether oxygens (including phenoxy) is 2. The fraction of sp³-hybridized carbons (Fsp3) is 0.351. The molecule has 42 heavy (non-hydrogen) atoms. The van der Waals surface area contributed by atoms with Crippen LogP contribution in [0.3, 0.4) is 0 Å². The zero-order valence-electron chi connectivity index (χ0n) is 25.4. The molecule has 214 valence electrons. The molecule has 0 aromatic heterocycles. The van der Waals surface area contributed by atoms with Crippen LogP contribution >= 0.6 is 0 Å². The summed E-state index contributed by atoms with van der Waals surface area (Å²) in [6.45, 7) is 12.9. The van der Waals surface area contributed by atoms with E-state index in [0.29, 0.717) is 5.56 Å². The highest BCUT2D eigenvalue weighted by atomic mass is 16.5. The van der Waals surface area contributed by atoms with Crippen molar-refractivity contribution in [2.45, 2.75) is 84.4 Å². The largest absolute Gasteiger partial charge is 0.459 e. The average Bonchev–Trinajstić information content (AvgIpc) is 3.42.